The zero-order valence-corrected chi connectivity index (χ0v) is 14.5. The number of nitrogens with one attached hydrogen (secondary N) is 1. The number of benzene rings is 1. The first-order valence-electron chi connectivity index (χ1n) is 7.21. The van der Waals surface area contributed by atoms with Gasteiger partial charge in [-0.3, -0.25) is 4.79 Å². The number of hydrogen-bond donors (Lipinski definition) is 1. The average Bonchev–Trinajstić information content (AvgIpc) is 2.47. The summed E-state index contributed by atoms with van der Waals surface area (Å²) in [6.45, 7) is 7.01. The molecule has 0 bridgehead atoms. The van der Waals surface area contributed by atoms with Crippen molar-refractivity contribution in [2.45, 2.75) is 20.8 Å². The van der Waals surface area contributed by atoms with Gasteiger partial charge in [-0.2, -0.15) is 0 Å². The van der Waals surface area contributed by atoms with Crippen molar-refractivity contribution in [3.8, 4) is 0 Å². The molecule has 1 aromatic heterocycles. The molecule has 22 heavy (non-hydrogen) atoms. The Labute approximate surface area is 138 Å². The minimum Gasteiger partial charge on any atom is -0.340 e. The van der Waals surface area contributed by atoms with Crippen molar-refractivity contribution in [2.75, 3.05) is 18.4 Å². The van der Waals surface area contributed by atoms with Crippen molar-refractivity contribution in [3.63, 3.8) is 0 Å². The SMILES string of the molecule is CCN(CC)C(=O)c1cc(Nc2cccc(Br)c2)nc(C)n1. The molecule has 0 unspecified atom stereocenters. The fraction of sp³-hybridized carbons (Fsp3) is 0.312. The van der Waals surface area contributed by atoms with Gasteiger partial charge in [-0.05, 0) is 39.0 Å². The van der Waals surface area contributed by atoms with E-state index in [2.05, 4.69) is 31.2 Å². The summed E-state index contributed by atoms with van der Waals surface area (Å²) in [4.78, 5) is 22.8. The number of amides is 1. The number of hydrogen-bond acceptors (Lipinski definition) is 4. The van der Waals surface area contributed by atoms with E-state index < -0.39 is 0 Å². The Kier molecular flexibility index (Phi) is 5.49. The van der Waals surface area contributed by atoms with Gasteiger partial charge in [-0.25, -0.2) is 9.97 Å². The smallest absolute Gasteiger partial charge is 0.272 e. The van der Waals surface area contributed by atoms with E-state index >= 15 is 0 Å². The Balaban J connectivity index is 2.28. The Morgan fingerprint density at radius 2 is 1.95 bits per heavy atom. The van der Waals surface area contributed by atoms with Crippen LogP contribution in [0.25, 0.3) is 0 Å². The van der Waals surface area contributed by atoms with Gasteiger partial charge in [0.25, 0.3) is 5.91 Å². The number of carbonyl (C=O) groups is 1. The highest BCUT2D eigenvalue weighted by molar-refractivity contribution is 9.10. The normalized spacial score (nSPS) is 10.4. The van der Waals surface area contributed by atoms with E-state index in [-0.39, 0.29) is 5.91 Å². The van der Waals surface area contributed by atoms with Crippen LogP contribution in [-0.2, 0) is 0 Å². The van der Waals surface area contributed by atoms with Crippen molar-refractivity contribution < 1.29 is 4.79 Å². The fourth-order valence-corrected chi connectivity index (χ4v) is 2.53. The molecule has 0 saturated carbocycles. The number of aryl methyl sites for hydroxylation is 1. The van der Waals surface area contributed by atoms with Gasteiger partial charge in [-0.15, -0.1) is 0 Å². The quantitative estimate of drug-likeness (QED) is 0.879. The number of carbonyl (C=O) groups excluding carboxylic acids is 1. The molecule has 0 aliphatic carbocycles. The first-order chi connectivity index (χ1) is 10.5. The van der Waals surface area contributed by atoms with Crippen LogP contribution >= 0.6 is 15.9 Å². The van der Waals surface area contributed by atoms with E-state index in [1.807, 2.05) is 38.1 Å². The molecule has 0 atom stereocenters. The lowest BCUT2D eigenvalue weighted by Gasteiger charge is -2.18. The number of nitrogens with zero attached hydrogens (tertiary/aromatic N) is 3. The lowest BCUT2D eigenvalue weighted by Crippen LogP contribution is -2.31. The highest BCUT2D eigenvalue weighted by atomic mass is 79.9. The molecule has 1 N–H and O–H groups in total. The van der Waals surface area contributed by atoms with Crippen molar-refractivity contribution in [1.29, 1.82) is 0 Å². The largest absolute Gasteiger partial charge is 0.340 e. The molecule has 0 fully saturated rings. The van der Waals surface area contributed by atoms with Crippen LogP contribution in [0.4, 0.5) is 11.5 Å². The van der Waals surface area contributed by atoms with E-state index in [0.717, 1.165) is 10.2 Å². The predicted octanol–water partition coefficient (Wildman–Crippen LogP) is 3.77. The summed E-state index contributed by atoms with van der Waals surface area (Å²) in [6, 6.07) is 9.46. The van der Waals surface area contributed by atoms with Crippen molar-refractivity contribution in [3.05, 3.63) is 46.3 Å². The summed E-state index contributed by atoms with van der Waals surface area (Å²) in [6.07, 6.45) is 0. The van der Waals surface area contributed by atoms with Crippen LogP contribution in [0.3, 0.4) is 0 Å². The maximum absolute atomic E-state index is 12.4. The van der Waals surface area contributed by atoms with Gasteiger partial charge in [0.1, 0.15) is 17.3 Å². The van der Waals surface area contributed by atoms with Crippen LogP contribution in [0.2, 0.25) is 0 Å². The van der Waals surface area contributed by atoms with E-state index in [9.17, 15) is 4.79 Å². The number of rotatable bonds is 5. The molecule has 0 saturated heterocycles. The second-order valence-corrected chi connectivity index (χ2v) is 5.71. The Morgan fingerprint density at radius 3 is 2.59 bits per heavy atom. The van der Waals surface area contributed by atoms with E-state index in [0.29, 0.717) is 30.4 Å². The highest BCUT2D eigenvalue weighted by Gasteiger charge is 2.15. The van der Waals surface area contributed by atoms with Crippen LogP contribution < -0.4 is 5.32 Å². The maximum atomic E-state index is 12.4. The molecule has 0 aliphatic heterocycles. The van der Waals surface area contributed by atoms with Crippen LogP contribution in [0.1, 0.15) is 30.2 Å². The summed E-state index contributed by atoms with van der Waals surface area (Å²) >= 11 is 3.43. The van der Waals surface area contributed by atoms with Gasteiger partial charge >= 0.3 is 0 Å². The molecule has 1 aromatic carbocycles. The van der Waals surface area contributed by atoms with Crippen LogP contribution in [-0.4, -0.2) is 33.9 Å². The molecule has 0 spiro atoms. The van der Waals surface area contributed by atoms with Crippen LogP contribution in [0, 0.1) is 6.92 Å². The molecular weight excluding hydrogens is 344 g/mol. The minimum absolute atomic E-state index is 0.0761. The molecule has 6 heteroatoms. The molecule has 2 aromatic rings. The van der Waals surface area contributed by atoms with Crippen molar-refractivity contribution in [2.24, 2.45) is 0 Å². The third-order valence-corrected chi connectivity index (χ3v) is 3.70. The molecule has 0 aliphatic rings. The van der Waals surface area contributed by atoms with Crippen LogP contribution in [0.15, 0.2) is 34.8 Å². The van der Waals surface area contributed by atoms with E-state index in [1.54, 1.807) is 17.9 Å². The lowest BCUT2D eigenvalue weighted by atomic mass is 10.3. The summed E-state index contributed by atoms with van der Waals surface area (Å²) in [5, 5.41) is 3.20. The van der Waals surface area contributed by atoms with Crippen molar-refractivity contribution >= 4 is 33.3 Å². The molecule has 116 valence electrons. The summed E-state index contributed by atoms with van der Waals surface area (Å²) in [5.41, 5.74) is 1.31. The Morgan fingerprint density at radius 1 is 1.23 bits per heavy atom. The van der Waals surface area contributed by atoms with Gasteiger partial charge in [0.15, 0.2) is 0 Å². The third-order valence-electron chi connectivity index (χ3n) is 3.20. The maximum Gasteiger partial charge on any atom is 0.272 e. The standard InChI is InChI=1S/C16H19BrN4O/c1-4-21(5-2)16(22)14-10-15(19-11(3)18-14)20-13-8-6-7-12(17)9-13/h6-10H,4-5H2,1-3H3,(H,18,19,20). The second-order valence-electron chi connectivity index (χ2n) is 4.80. The number of anilines is 2. The molecular formula is C16H19BrN4O. The van der Waals surface area contributed by atoms with Crippen LogP contribution in [0.5, 0.6) is 0 Å². The third kappa shape index (κ3) is 4.04. The fourth-order valence-electron chi connectivity index (χ4n) is 2.13. The second kappa shape index (κ2) is 7.35. The Hall–Kier alpha value is -1.95. The molecule has 1 amide bonds. The molecule has 1 heterocycles. The van der Waals surface area contributed by atoms with Crippen molar-refractivity contribution in [1.82, 2.24) is 14.9 Å². The number of aromatic nitrogens is 2. The lowest BCUT2D eigenvalue weighted by molar-refractivity contribution is 0.0766. The highest BCUT2D eigenvalue weighted by Crippen LogP contribution is 2.20. The minimum atomic E-state index is -0.0761. The van der Waals surface area contributed by atoms with E-state index in [1.165, 1.54) is 0 Å². The average molecular weight is 363 g/mol. The van der Waals surface area contributed by atoms with Gasteiger partial charge in [-0.1, -0.05) is 22.0 Å². The summed E-state index contributed by atoms with van der Waals surface area (Å²) in [5.74, 6) is 1.10. The molecule has 0 radical (unpaired) electrons. The first-order valence-corrected chi connectivity index (χ1v) is 8.00. The van der Waals surface area contributed by atoms with Gasteiger partial charge < -0.3 is 10.2 Å². The number of halogens is 1. The monoisotopic (exact) mass is 362 g/mol. The topological polar surface area (TPSA) is 58.1 Å². The van der Waals surface area contributed by atoms with Gasteiger partial charge in [0, 0.05) is 29.3 Å². The molecule has 5 nitrogen and oxygen atoms in total. The Bertz CT molecular complexity index is 671. The zero-order valence-electron chi connectivity index (χ0n) is 12.9. The molecule has 2 rings (SSSR count). The van der Waals surface area contributed by atoms with E-state index in [4.69, 9.17) is 0 Å². The zero-order chi connectivity index (χ0) is 16.1. The summed E-state index contributed by atoms with van der Waals surface area (Å²) in [7, 11) is 0. The predicted molar refractivity (Wildman–Crippen MR) is 91.4 cm³/mol. The first kappa shape index (κ1) is 16.4. The summed E-state index contributed by atoms with van der Waals surface area (Å²) < 4.78 is 0.975. The van der Waals surface area contributed by atoms with Gasteiger partial charge in [0.05, 0.1) is 0 Å². The van der Waals surface area contributed by atoms with Gasteiger partial charge in [0.2, 0.25) is 0 Å².